The Kier molecular flexibility index (Phi) is 6.01. The minimum Gasteiger partial charge on any atom is -0.455 e. The fourth-order valence-corrected chi connectivity index (χ4v) is 4.47. The molecule has 4 rings (SSSR count). The van der Waals surface area contributed by atoms with Gasteiger partial charge in [0.2, 0.25) is 5.91 Å². The van der Waals surface area contributed by atoms with Crippen LogP contribution in [0.3, 0.4) is 0 Å². The molecule has 0 aromatic carbocycles. The van der Waals surface area contributed by atoms with Crippen LogP contribution in [0.4, 0.5) is 0 Å². The summed E-state index contributed by atoms with van der Waals surface area (Å²) in [5.74, 6) is 1.46. The second-order valence-corrected chi connectivity index (χ2v) is 8.47. The Hall–Kier alpha value is -1.86. The predicted molar refractivity (Wildman–Crippen MR) is 106 cm³/mol. The van der Waals surface area contributed by atoms with Crippen molar-refractivity contribution in [2.45, 2.75) is 57.2 Å². The molecule has 1 aromatic heterocycles. The summed E-state index contributed by atoms with van der Waals surface area (Å²) in [7, 11) is 1.61. The molecule has 2 amide bonds. The van der Waals surface area contributed by atoms with Gasteiger partial charge in [-0.05, 0) is 57.2 Å². The van der Waals surface area contributed by atoms with Gasteiger partial charge in [-0.25, -0.2) is 0 Å². The van der Waals surface area contributed by atoms with Gasteiger partial charge in [-0.15, -0.1) is 0 Å². The molecular weight excluding hydrogens is 356 g/mol. The maximum Gasteiger partial charge on any atom is 0.286 e. The molecular formula is C21H32N4O3. The molecule has 0 spiro atoms. The highest BCUT2D eigenvalue weighted by Gasteiger charge is 2.33. The summed E-state index contributed by atoms with van der Waals surface area (Å²) in [5.41, 5.74) is 0. The fourth-order valence-electron chi connectivity index (χ4n) is 4.47. The van der Waals surface area contributed by atoms with Crippen molar-refractivity contribution >= 4 is 11.8 Å². The third kappa shape index (κ3) is 4.75. The van der Waals surface area contributed by atoms with Crippen molar-refractivity contribution in [1.82, 2.24) is 20.4 Å². The zero-order valence-corrected chi connectivity index (χ0v) is 16.8. The molecule has 1 saturated carbocycles. The van der Waals surface area contributed by atoms with E-state index in [1.165, 1.54) is 0 Å². The Morgan fingerprint density at radius 3 is 2.61 bits per heavy atom. The van der Waals surface area contributed by atoms with E-state index in [0.29, 0.717) is 17.8 Å². The van der Waals surface area contributed by atoms with Crippen molar-refractivity contribution in [2.24, 2.45) is 5.92 Å². The lowest BCUT2D eigenvalue weighted by Gasteiger charge is -2.41. The van der Waals surface area contributed by atoms with Crippen LogP contribution in [-0.4, -0.2) is 66.9 Å². The Balaban J connectivity index is 1.23. The molecule has 3 aliphatic rings. The number of hydrogen-bond donors (Lipinski definition) is 2. The number of amides is 2. The van der Waals surface area contributed by atoms with Gasteiger partial charge in [0.05, 0.1) is 12.5 Å². The Morgan fingerprint density at radius 1 is 1.11 bits per heavy atom. The monoisotopic (exact) mass is 388 g/mol. The van der Waals surface area contributed by atoms with E-state index in [0.717, 1.165) is 77.0 Å². The lowest BCUT2D eigenvalue weighted by Crippen LogP contribution is -2.50. The average molecular weight is 389 g/mol. The number of rotatable bonds is 6. The normalized spacial score (nSPS) is 24.8. The van der Waals surface area contributed by atoms with Gasteiger partial charge in [0, 0.05) is 38.8 Å². The van der Waals surface area contributed by atoms with Crippen LogP contribution >= 0.6 is 0 Å². The highest BCUT2D eigenvalue weighted by Crippen LogP contribution is 2.26. The lowest BCUT2D eigenvalue weighted by molar-refractivity contribution is -0.127. The zero-order valence-electron chi connectivity index (χ0n) is 16.8. The van der Waals surface area contributed by atoms with E-state index in [1.54, 1.807) is 13.1 Å². The quantitative estimate of drug-likeness (QED) is 0.774. The summed E-state index contributed by atoms with van der Waals surface area (Å²) in [4.78, 5) is 29.0. The largest absolute Gasteiger partial charge is 0.455 e. The number of nitrogens with zero attached hydrogens (tertiary/aromatic N) is 2. The number of piperidine rings is 2. The van der Waals surface area contributed by atoms with E-state index in [1.807, 2.05) is 6.07 Å². The summed E-state index contributed by atoms with van der Waals surface area (Å²) in [5, 5.41) is 5.77. The van der Waals surface area contributed by atoms with Crippen molar-refractivity contribution in [3.05, 3.63) is 23.7 Å². The first-order chi connectivity index (χ1) is 13.6. The molecule has 1 aromatic rings. The van der Waals surface area contributed by atoms with Gasteiger partial charge in [-0.2, -0.15) is 0 Å². The van der Waals surface area contributed by atoms with Gasteiger partial charge in [0.25, 0.3) is 5.91 Å². The van der Waals surface area contributed by atoms with Crippen LogP contribution in [0.5, 0.6) is 0 Å². The van der Waals surface area contributed by atoms with Gasteiger partial charge >= 0.3 is 0 Å². The maximum absolute atomic E-state index is 12.4. The molecule has 2 saturated heterocycles. The highest BCUT2D eigenvalue weighted by atomic mass is 16.4. The number of nitrogens with one attached hydrogen (secondary N) is 2. The minimum atomic E-state index is -0.185. The molecule has 3 fully saturated rings. The van der Waals surface area contributed by atoms with E-state index in [2.05, 4.69) is 20.4 Å². The third-order valence-corrected chi connectivity index (χ3v) is 6.31. The van der Waals surface area contributed by atoms with Crippen LogP contribution in [-0.2, 0) is 11.3 Å². The van der Waals surface area contributed by atoms with Crippen molar-refractivity contribution in [1.29, 1.82) is 0 Å². The molecule has 1 aliphatic carbocycles. The Bertz CT molecular complexity index is 692. The molecule has 0 bridgehead atoms. The minimum absolute atomic E-state index is 0.165. The second-order valence-electron chi connectivity index (χ2n) is 8.47. The van der Waals surface area contributed by atoms with Crippen LogP contribution in [0.1, 0.15) is 54.8 Å². The average Bonchev–Trinajstić information content (AvgIpc) is 3.42. The molecule has 1 unspecified atom stereocenters. The predicted octanol–water partition coefficient (Wildman–Crippen LogP) is 1.59. The van der Waals surface area contributed by atoms with E-state index in [9.17, 15) is 9.59 Å². The van der Waals surface area contributed by atoms with Crippen LogP contribution in [0, 0.1) is 5.92 Å². The van der Waals surface area contributed by atoms with Gasteiger partial charge in [0.1, 0.15) is 5.76 Å². The number of furan rings is 1. The number of carbonyl (C=O) groups is 2. The summed E-state index contributed by atoms with van der Waals surface area (Å²) < 4.78 is 5.65. The van der Waals surface area contributed by atoms with E-state index < -0.39 is 0 Å². The second kappa shape index (κ2) is 8.66. The van der Waals surface area contributed by atoms with Gasteiger partial charge < -0.3 is 15.1 Å². The Morgan fingerprint density at radius 2 is 1.89 bits per heavy atom. The number of carbonyl (C=O) groups excluding carboxylic acids is 2. The van der Waals surface area contributed by atoms with Crippen LogP contribution in [0.15, 0.2) is 16.5 Å². The molecule has 3 heterocycles. The number of hydrogen-bond acceptors (Lipinski definition) is 5. The van der Waals surface area contributed by atoms with E-state index >= 15 is 0 Å². The fraction of sp³-hybridized carbons (Fsp3) is 0.714. The van der Waals surface area contributed by atoms with Gasteiger partial charge in [-0.1, -0.05) is 0 Å². The van der Waals surface area contributed by atoms with Gasteiger partial charge in [0.15, 0.2) is 5.76 Å². The van der Waals surface area contributed by atoms with Crippen molar-refractivity contribution in [2.75, 3.05) is 33.2 Å². The van der Waals surface area contributed by atoms with Crippen LogP contribution < -0.4 is 10.6 Å². The SMILES string of the molecule is CNC(=O)c1ccc(CN2CCC(N3CCCC(C(=O)NC4CC4)C3)CC2)o1. The summed E-state index contributed by atoms with van der Waals surface area (Å²) in [6, 6.07) is 4.66. The first-order valence-electron chi connectivity index (χ1n) is 10.7. The van der Waals surface area contributed by atoms with Gasteiger partial charge in [-0.3, -0.25) is 19.4 Å². The first-order valence-corrected chi connectivity index (χ1v) is 10.7. The topological polar surface area (TPSA) is 77.8 Å². The molecule has 28 heavy (non-hydrogen) atoms. The lowest BCUT2D eigenvalue weighted by atomic mass is 9.93. The molecule has 1 atom stereocenters. The van der Waals surface area contributed by atoms with Crippen LogP contribution in [0.2, 0.25) is 0 Å². The Labute approximate surface area is 166 Å². The van der Waals surface area contributed by atoms with Crippen molar-refractivity contribution < 1.29 is 14.0 Å². The summed E-state index contributed by atoms with van der Waals surface area (Å²) in [6.07, 6.45) is 6.71. The maximum atomic E-state index is 12.4. The zero-order chi connectivity index (χ0) is 19.5. The molecule has 0 radical (unpaired) electrons. The molecule has 2 N–H and O–H groups in total. The third-order valence-electron chi connectivity index (χ3n) is 6.31. The molecule has 154 valence electrons. The van der Waals surface area contributed by atoms with Crippen molar-refractivity contribution in [3.63, 3.8) is 0 Å². The van der Waals surface area contributed by atoms with Crippen molar-refractivity contribution in [3.8, 4) is 0 Å². The molecule has 7 heteroatoms. The van der Waals surface area contributed by atoms with E-state index in [4.69, 9.17) is 4.42 Å². The highest BCUT2D eigenvalue weighted by molar-refractivity contribution is 5.91. The number of likely N-dealkylation sites (tertiary alicyclic amines) is 2. The molecule has 2 aliphatic heterocycles. The molecule has 7 nitrogen and oxygen atoms in total. The summed E-state index contributed by atoms with van der Waals surface area (Å²) >= 11 is 0. The standard InChI is InChI=1S/C21H32N4O3/c1-22-21(27)19-7-6-18(28-19)14-24-11-8-17(9-12-24)25-10-2-3-15(13-25)20(26)23-16-4-5-16/h6-7,15-17H,2-5,8-14H2,1H3,(H,22,27)(H,23,26). The smallest absolute Gasteiger partial charge is 0.286 e. The van der Waals surface area contributed by atoms with Crippen LogP contribution in [0.25, 0.3) is 0 Å². The first kappa shape index (κ1) is 19.5. The summed E-state index contributed by atoms with van der Waals surface area (Å²) in [6.45, 7) is 4.82. The van der Waals surface area contributed by atoms with E-state index in [-0.39, 0.29) is 17.7 Å².